The van der Waals surface area contributed by atoms with E-state index in [1.807, 2.05) is 0 Å². The van der Waals surface area contributed by atoms with Gasteiger partial charge in [0.25, 0.3) is 0 Å². The van der Waals surface area contributed by atoms with Gasteiger partial charge < -0.3 is 15.0 Å². The first-order valence-electron chi connectivity index (χ1n) is 6.54. The number of rotatable bonds is 5. The van der Waals surface area contributed by atoms with Crippen molar-refractivity contribution in [3.63, 3.8) is 0 Å². The zero-order chi connectivity index (χ0) is 15.3. The Hall–Kier alpha value is -1.35. The molecule has 0 saturated carbocycles. The molecule has 1 aromatic heterocycles. The highest BCUT2D eigenvalue weighted by Crippen LogP contribution is 2.22. The zero-order valence-corrected chi connectivity index (χ0v) is 12.1. The molecule has 2 rings (SSSR count). The van der Waals surface area contributed by atoms with E-state index in [0.717, 1.165) is 18.2 Å². The number of thiazole rings is 1. The Bertz CT molecular complexity index is 473. The molecule has 1 aliphatic rings. The monoisotopic (exact) mass is 323 g/mol. The van der Waals surface area contributed by atoms with Crippen molar-refractivity contribution in [2.75, 3.05) is 31.2 Å². The van der Waals surface area contributed by atoms with Crippen LogP contribution in [-0.2, 0) is 16.1 Å². The first kappa shape index (κ1) is 16.0. The second-order valence-corrected chi connectivity index (χ2v) is 5.45. The molecule has 1 fully saturated rings. The van der Waals surface area contributed by atoms with Crippen LogP contribution in [0.1, 0.15) is 18.5 Å². The fourth-order valence-corrected chi connectivity index (χ4v) is 2.69. The number of nitrogens with zero attached hydrogens (tertiary/aromatic N) is 2. The Morgan fingerprint density at radius 1 is 1.43 bits per heavy atom. The van der Waals surface area contributed by atoms with Gasteiger partial charge in [-0.25, -0.2) is 4.98 Å². The molecule has 1 aliphatic heterocycles. The third kappa shape index (κ3) is 5.50. The number of carbonyl (C=O) groups excluding carboxylic acids is 1. The molecule has 1 aromatic rings. The largest absolute Gasteiger partial charge is 0.389 e. The summed E-state index contributed by atoms with van der Waals surface area (Å²) >= 11 is 1.45. The van der Waals surface area contributed by atoms with Crippen LogP contribution >= 0.6 is 11.3 Å². The Morgan fingerprint density at radius 2 is 2.14 bits per heavy atom. The van der Waals surface area contributed by atoms with Gasteiger partial charge in [0.15, 0.2) is 5.13 Å². The van der Waals surface area contributed by atoms with E-state index in [9.17, 15) is 18.0 Å². The fraction of sp³-hybridized carbons (Fsp3) is 0.667. The molecule has 0 atom stereocenters. The third-order valence-electron chi connectivity index (χ3n) is 2.92. The van der Waals surface area contributed by atoms with Crippen molar-refractivity contribution >= 4 is 22.4 Å². The number of aromatic nitrogens is 1. The molecule has 21 heavy (non-hydrogen) atoms. The summed E-state index contributed by atoms with van der Waals surface area (Å²) in [7, 11) is 0. The van der Waals surface area contributed by atoms with Gasteiger partial charge >= 0.3 is 6.18 Å². The smallest absolute Gasteiger partial charge is 0.378 e. The Kier molecular flexibility index (Phi) is 5.40. The van der Waals surface area contributed by atoms with Crippen LogP contribution in [0.5, 0.6) is 0 Å². The normalized spacial score (nSPS) is 16.0. The quantitative estimate of drug-likeness (QED) is 0.900. The second kappa shape index (κ2) is 7.08. The minimum atomic E-state index is -4.30. The standard InChI is InChI=1S/C12H16F3N3O2S/c13-12(14,15)2-1-10(19)16-7-9-8-21-11(17-9)18-3-5-20-6-4-18/h8H,1-7H2,(H,16,19). The fourth-order valence-electron chi connectivity index (χ4n) is 1.81. The van der Waals surface area contributed by atoms with Gasteiger partial charge in [-0.2, -0.15) is 13.2 Å². The molecule has 0 aromatic carbocycles. The van der Waals surface area contributed by atoms with Gasteiger partial charge in [0.05, 0.1) is 31.9 Å². The van der Waals surface area contributed by atoms with E-state index < -0.39 is 24.9 Å². The van der Waals surface area contributed by atoms with Crippen LogP contribution < -0.4 is 10.2 Å². The van der Waals surface area contributed by atoms with E-state index in [-0.39, 0.29) is 6.54 Å². The number of hydrogen-bond donors (Lipinski definition) is 1. The molecule has 9 heteroatoms. The summed E-state index contributed by atoms with van der Waals surface area (Å²) in [5.41, 5.74) is 0.654. The first-order chi connectivity index (χ1) is 9.94. The van der Waals surface area contributed by atoms with Gasteiger partial charge in [0, 0.05) is 24.9 Å². The molecule has 0 bridgehead atoms. The lowest BCUT2D eigenvalue weighted by Crippen LogP contribution is -2.36. The molecule has 1 N–H and O–H groups in total. The highest BCUT2D eigenvalue weighted by atomic mass is 32.1. The van der Waals surface area contributed by atoms with Crippen LogP contribution in [0.15, 0.2) is 5.38 Å². The highest BCUT2D eigenvalue weighted by Gasteiger charge is 2.27. The van der Waals surface area contributed by atoms with E-state index in [1.165, 1.54) is 11.3 Å². The number of nitrogens with one attached hydrogen (secondary N) is 1. The molecule has 0 unspecified atom stereocenters. The Balaban J connectivity index is 1.76. The molecular formula is C12H16F3N3O2S. The number of ether oxygens (including phenoxy) is 1. The average Bonchev–Trinajstić information content (AvgIpc) is 2.92. The van der Waals surface area contributed by atoms with E-state index in [2.05, 4.69) is 15.2 Å². The van der Waals surface area contributed by atoms with E-state index in [1.54, 1.807) is 5.38 Å². The number of amides is 1. The van der Waals surface area contributed by atoms with Gasteiger partial charge in [0.1, 0.15) is 0 Å². The predicted octanol–water partition coefficient (Wildman–Crippen LogP) is 1.94. The predicted molar refractivity (Wildman–Crippen MR) is 72.3 cm³/mol. The maximum Gasteiger partial charge on any atom is 0.389 e. The Labute approximate surface area is 124 Å². The molecular weight excluding hydrogens is 307 g/mol. The number of carbonyl (C=O) groups is 1. The molecule has 0 spiro atoms. The van der Waals surface area contributed by atoms with Crippen LogP contribution in [0, 0.1) is 0 Å². The van der Waals surface area contributed by atoms with Crippen LogP contribution in [0.2, 0.25) is 0 Å². The summed E-state index contributed by atoms with van der Waals surface area (Å²) in [4.78, 5) is 17.8. The van der Waals surface area contributed by atoms with Crippen LogP contribution in [0.4, 0.5) is 18.3 Å². The molecule has 5 nitrogen and oxygen atoms in total. The molecule has 1 amide bonds. The van der Waals surface area contributed by atoms with E-state index >= 15 is 0 Å². The van der Waals surface area contributed by atoms with Crippen molar-refractivity contribution in [1.29, 1.82) is 0 Å². The van der Waals surface area contributed by atoms with Gasteiger partial charge in [-0.1, -0.05) is 0 Å². The van der Waals surface area contributed by atoms with Crippen molar-refractivity contribution in [2.24, 2.45) is 0 Å². The highest BCUT2D eigenvalue weighted by molar-refractivity contribution is 7.13. The maximum absolute atomic E-state index is 12.0. The van der Waals surface area contributed by atoms with Crippen molar-refractivity contribution in [3.05, 3.63) is 11.1 Å². The number of morpholine rings is 1. The molecule has 1 saturated heterocycles. The van der Waals surface area contributed by atoms with Crippen molar-refractivity contribution < 1.29 is 22.7 Å². The summed E-state index contributed by atoms with van der Waals surface area (Å²) in [5.74, 6) is -0.617. The molecule has 118 valence electrons. The van der Waals surface area contributed by atoms with Gasteiger partial charge in [-0.15, -0.1) is 11.3 Å². The van der Waals surface area contributed by atoms with Crippen molar-refractivity contribution in [1.82, 2.24) is 10.3 Å². The summed E-state index contributed by atoms with van der Waals surface area (Å²) in [5, 5.41) is 5.10. The lowest BCUT2D eigenvalue weighted by atomic mass is 10.3. The molecule has 2 heterocycles. The summed E-state index contributed by atoms with van der Waals surface area (Å²) < 4.78 is 41.2. The lowest BCUT2D eigenvalue weighted by molar-refractivity contribution is -0.144. The van der Waals surface area contributed by atoms with Crippen LogP contribution in [0.25, 0.3) is 0 Å². The zero-order valence-electron chi connectivity index (χ0n) is 11.3. The number of alkyl halides is 3. The van der Waals surface area contributed by atoms with Gasteiger partial charge in [-0.05, 0) is 0 Å². The number of halogens is 3. The summed E-state index contributed by atoms with van der Waals surface area (Å²) in [6.07, 6.45) is -5.96. The van der Waals surface area contributed by atoms with Crippen LogP contribution in [0.3, 0.4) is 0 Å². The maximum atomic E-state index is 12.0. The second-order valence-electron chi connectivity index (χ2n) is 4.61. The first-order valence-corrected chi connectivity index (χ1v) is 7.42. The number of anilines is 1. The van der Waals surface area contributed by atoms with Crippen molar-refractivity contribution in [2.45, 2.75) is 25.6 Å². The lowest BCUT2D eigenvalue weighted by Gasteiger charge is -2.26. The minimum Gasteiger partial charge on any atom is -0.378 e. The van der Waals surface area contributed by atoms with Gasteiger partial charge in [-0.3, -0.25) is 4.79 Å². The van der Waals surface area contributed by atoms with Gasteiger partial charge in [0.2, 0.25) is 5.91 Å². The summed E-state index contributed by atoms with van der Waals surface area (Å²) in [6, 6.07) is 0. The minimum absolute atomic E-state index is 0.150. The van der Waals surface area contributed by atoms with Crippen LogP contribution in [-0.4, -0.2) is 43.4 Å². The van der Waals surface area contributed by atoms with Crippen molar-refractivity contribution in [3.8, 4) is 0 Å². The topological polar surface area (TPSA) is 54.5 Å². The van der Waals surface area contributed by atoms with E-state index in [0.29, 0.717) is 18.9 Å². The SMILES string of the molecule is O=C(CCC(F)(F)F)NCc1csc(N2CCOCC2)n1. The Morgan fingerprint density at radius 3 is 2.81 bits per heavy atom. The molecule has 0 aliphatic carbocycles. The van der Waals surface area contributed by atoms with E-state index in [4.69, 9.17) is 4.74 Å². The third-order valence-corrected chi connectivity index (χ3v) is 3.87. The molecule has 0 radical (unpaired) electrons. The number of hydrogen-bond acceptors (Lipinski definition) is 5. The average molecular weight is 323 g/mol. The summed E-state index contributed by atoms with van der Waals surface area (Å²) in [6.45, 7) is 3.00.